The molecule has 0 radical (unpaired) electrons. The molecule has 1 N–H and O–H groups in total. The third-order valence-corrected chi connectivity index (χ3v) is 6.94. The summed E-state index contributed by atoms with van der Waals surface area (Å²) in [6.07, 6.45) is 0.769. The van der Waals surface area contributed by atoms with Crippen LogP contribution in [0.15, 0.2) is 72.8 Å². The molecule has 1 aromatic heterocycles. The number of aromatic nitrogens is 1. The summed E-state index contributed by atoms with van der Waals surface area (Å²) in [7, 11) is 0. The highest BCUT2D eigenvalue weighted by atomic mass is 32.2. The van der Waals surface area contributed by atoms with Gasteiger partial charge in [0, 0.05) is 28.9 Å². The Labute approximate surface area is 189 Å². The molecule has 2 heterocycles. The highest BCUT2D eigenvalue weighted by molar-refractivity contribution is 7.99. The van der Waals surface area contributed by atoms with Gasteiger partial charge in [0.1, 0.15) is 11.6 Å². The molecular weight excluding hydrogens is 426 g/mol. The first-order valence-electron chi connectivity index (χ1n) is 10.6. The molecule has 0 aliphatic carbocycles. The minimum Gasteiger partial charge on any atom is -0.356 e. The summed E-state index contributed by atoms with van der Waals surface area (Å²) in [6.45, 7) is 0.604. The first-order chi connectivity index (χ1) is 15.6. The van der Waals surface area contributed by atoms with E-state index in [9.17, 15) is 13.6 Å². The molecule has 5 rings (SSSR count). The topological polar surface area (TPSA) is 36.1 Å². The summed E-state index contributed by atoms with van der Waals surface area (Å²) < 4.78 is 26.7. The Kier molecular flexibility index (Phi) is 5.70. The zero-order valence-electron chi connectivity index (χ0n) is 17.4. The molecule has 1 aliphatic rings. The van der Waals surface area contributed by atoms with Gasteiger partial charge in [-0.3, -0.25) is 4.79 Å². The van der Waals surface area contributed by atoms with Crippen LogP contribution in [0.2, 0.25) is 0 Å². The van der Waals surface area contributed by atoms with Gasteiger partial charge in [0.05, 0.1) is 11.8 Å². The van der Waals surface area contributed by atoms with E-state index >= 15 is 0 Å². The van der Waals surface area contributed by atoms with Gasteiger partial charge in [-0.05, 0) is 53.4 Å². The van der Waals surface area contributed by atoms with E-state index < -0.39 is 0 Å². The number of carbonyl (C=O) groups is 1. The second-order valence-electron chi connectivity index (χ2n) is 7.97. The quantitative estimate of drug-likeness (QED) is 0.416. The number of hydrogen-bond donors (Lipinski definition) is 1. The number of aromatic amines is 1. The number of nitrogens with zero attached hydrogens (tertiary/aromatic N) is 1. The number of nitrogens with one attached hydrogen (secondary N) is 1. The van der Waals surface area contributed by atoms with Crippen LogP contribution < -0.4 is 0 Å². The van der Waals surface area contributed by atoms with E-state index in [4.69, 9.17) is 0 Å². The van der Waals surface area contributed by atoms with Gasteiger partial charge in [0.15, 0.2) is 0 Å². The van der Waals surface area contributed by atoms with Crippen LogP contribution in [0.1, 0.15) is 28.4 Å². The van der Waals surface area contributed by atoms with Crippen LogP contribution in [0.25, 0.3) is 10.9 Å². The van der Waals surface area contributed by atoms with Gasteiger partial charge >= 0.3 is 0 Å². The third-order valence-electron chi connectivity index (χ3n) is 5.95. The van der Waals surface area contributed by atoms with E-state index in [1.165, 1.54) is 47.0 Å². The lowest BCUT2D eigenvalue weighted by Gasteiger charge is -2.36. The summed E-state index contributed by atoms with van der Waals surface area (Å²) >= 11 is 1.52. The van der Waals surface area contributed by atoms with Crippen molar-refractivity contribution >= 4 is 28.6 Å². The van der Waals surface area contributed by atoms with E-state index in [2.05, 4.69) is 11.1 Å². The summed E-state index contributed by atoms with van der Waals surface area (Å²) in [5.41, 5.74) is 5.13. The molecule has 0 unspecified atom stereocenters. The Morgan fingerprint density at radius 2 is 1.66 bits per heavy atom. The van der Waals surface area contributed by atoms with Gasteiger partial charge in [-0.25, -0.2) is 8.78 Å². The Hall–Kier alpha value is -3.12. The molecule has 4 aromatic rings. The number of amides is 1. The molecule has 6 heteroatoms. The fourth-order valence-corrected chi connectivity index (χ4v) is 5.29. The maximum Gasteiger partial charge on any atom is 0.233 e. The Morgan fingerprint density at radius 3 is 2.41 bits per heavy atom. The SMILES string of the molecule is O=C(CSCc1ccc(F)cc1)N1CCc2c([nH]c3ccccc23)[C@H]1c1ccc(F)cc1. The highest BCUT2D eigenvalue weighted by Crippen LogP contribution is 2.38. The minimum absolute atomic E-state index is 0.0377. The Morgan fingerprint density at radius 1 is 0.969 bits per heavy atom. The zero-order valence-corrected chi connectivity index (χ0v) is 18.2. The summed E-state index contributed by atoms with van der Waals surface area (Å²) in [6, 6.07) is 20.6. The first kappa shape index (κ1) is 20.8. The normalized spacial score (nSPS) is 15.7. The molecule has 0 fully saturated rings. The molecule has 1 atom stereocenters. The number of hydrogen-bond acceptors (Lipinski definition) is 2. The average molecular weight is 449 g/mol. The fraction of sp³-hybridized carbons (Fsp3) is 0.192. The number of carbonyl (C=O) groups excluding carboxylic acids is 1. The van der Waals surface area contributed by atoms with Gasteiger partial charge in [-0.1, -0.05) is 42.5 Å². The molecule has 162 valence electrons. The number of para-hydroxylation sites is 1. The molecule has 0 spiro atoms. The van der Waals surface area contributed by atoms with Crippen LogP contribution in [0.5, 0.6) is 0 Å². The van der Waals surface area contributed by atoms with Crippen LogP contribution in [0.3, 0.4) is 0 Å². The molecule has 0 saturated carbocycles. The van der Waals surface area contributed by atoms with Crippen LogP contribution in [0.4, 0.5) is 8.78 Å². The lowest BCUT2D eigenvalue weighted by Crippen LogP contribution is -2.41. The van der Waals surface area contributed by atoms with Crippen molar-refractivity contribution < 1.29 is 13.6 Å². The summed E-state index contributed by atoms with van der Waals surface area (Å²) in [5.74, 6) is 0.438. The maximum atomic E-state index is 13.6. The van der Waals surface area contributed by atoms with Gasteiger partial charge in [-0.15, -0.1) is 11.8 Å². The van der Waals surface area contributed by atoms with Crippen LogP contribution in [0, 0.1) is 11.6 Å². The lowest BCUT2D eigenvalue weighted by molar-refractivity contribution is -0.130. The fourth-order valence-electron chi connectivity index (χ4n) is 4.42. The van der Waals surface area contributed by atoms with Gasteiger partial charge in [-0.2, -0.15) is 0 Å². The van der Waals surface area contributed by atoms with Crippen LogP contribution >= 0.6 is 11.8 Å². The average Bonchev–Trinajstić information content (AvgIpc) is 3.19. The predicted octanol–water partition coefficient (Wildman–Crippen LogP) is 5.85. The van der Waals surface area contributed by atoms with Gasteiger partial charge in [0.2, 0.25) is 5.91 Å². The monoisotopic (exact) mass is 448 g/mol. The van der Waals surface area contributed by atoms with Crippen LogP contribution in [-0.2, 0) is 17.0 Å². The maximum absolute atomic E-state index is 13.6. The summed E-state index contributed by atoms with van der Waals surface area (Å²) in [4.78, 5) is 18.7. The van der Waals surface area contributed by atoms with Crippen molar-refractivity contribution in [1.82, 2.24) is 9.88 Å². The standard InChI is InChI=1S/C26H22F2N2OS/c27-19-9-5-17(6-10-19)15-32-16-24(31)30-14-13-22-21-3-1-2-4-23(21)29-25(22)26(30)18-7-11-20(28)12-8-18/h1-12,26,29H,13-16H2/t26-/m1/s1. The molecule has 3 nitrogen and oxygen atoms in total. The second kappa shape index (κ2) is 8.79. The number of thioether (sulfide) groups is 1. The second-order valence-corrected chi connectivity index (χ2v) is 8.96. The molecule has 0 bridgehead atoms. The highest BCUT2D eigenvalue weighted by Gasteiger charge is 2.34. The molecule has 3 aromatic carbocycles. The number of rotatable bonds is 5. The van der Waals surface area contributed by atoms with Crippen molar-refractivity contribution in [3.05, 3.63) is 107 Å². The van der Waals surface area contributed by atoms with Gasteiger partial charge in [0.25, 0.3) is 0 Å². The molecular formula is C26H22F2N2OS. The van der Waals surface area contributed by atoms with Gasteiger partial charge < -0.3 is 9.88 Å². The number of halogens is 2. The zero-order chi connectivity index (χ0) is 22.1. The van der Waals surface area contributed by atoms with E-state index in [0.29, 0.717) is 18.1 Å². The van der Waals surface area contributed by atoms with E-state index in [1.807, 2.05) is 23.1 Å². The predicted molar refractivity (Wildman–Crippen MR) is 125 cm³/mol. The molecule has 0 saturated heterocycles. The number of fused-ring (bicyclic) bond motifs is 3. The first-order valence-corrected chi connectivity index (χ1v) is 11.7. The van der Waals surface area contributed by atoms with Crippen molar-refractivity contribution in [2.75, 3.05) is 12.3 Å². The van der Waals surface area contributed by atoms with E-state index in [1.54, 1.807) is 24.3 Å². The molecule has 32 heavy (non-hydrogen) atoms. The molecule has 1 aliphatic heterocycles. The van der Waals surface area contributed by atoms with Crippen molar-refractivity contribution in [3.63, 3.8) is 0 Å². The van der Waals surface area contributed by atoms with E-state index in [-0.39, 0.29) is 23.6 Å². The summed E-state index contributed by atoms with van der Waals surface area (Å²) in [5, 5.41) is 1.17. The third kappa shape index (κ3) is 4.02. The largest absolute Gasteiger partial charge is 0.356 e. The number of H-pyrrole nitrogens is 1. The van der Waals surface area contributed by atoms with Crippen LogP contribution in [-0.4, -0.2) is 28.1 Å². The Bertz CT molecular complexity index is 1250. The van der Waals surface area contributed by atoms with E-state index in [0.717, 1.165) is 28.8 Å². The van der Waals surface area contributed by atoms with Crippen molar-refractivity contribution in [1.29, 1.82) is 0 Å². The van der Waals surface area contributed by atoms with Crippen molar-refractivity contribution in [3.8, 4) is 0 Å². The lowest BCUT2D eigenvalue weighted by atomic mass is 9.92. The Balaban J connectivity index is 1.42. The molecule has 1 amide bonds. The van der Waals surface area contributed by atoms with Crippen molar-refractivity contribution in [2.24, 2.45) is 0 Å². The number of benzene rings is 3. The van der Waals surface area contributed by atoms with Crippen molar-refractivity contribution in [2.45, 2.75) is 18.2 Å². The minimum atomic E-state index is -0.297. The smallest absolute Gasteiger partial charge is 0.233 e.